The SMILES string of the molecule is NC(=O)c1c([C@@H]2CN3CCC2CC3)ccc2c1CCCC2. The molecule has 5 rings (SSSR count). The highest BCUT2D eigenvalue weighted by Gasteiger charge is 2.37. The summed E-state index contributed by atoms with van der Waals surface area (Å²) >= 11 is 0. The quantitative estimate of drug-likeness (QED) is 0.907. The lowest BCUT2D eigenvalue weighted by molar-refractivity contribution is 0.0855. The first-order valence-electron chi connectivity index (χ1n) is 8.41. The summed E-state index contributed by atoms with van der Waals surface area (Å²) in [6, 6.07) is 4.49. The molecule has 1 atom stereocenters. The predicted molar refractivity (Wildman–Crippen MR) is 83.5 cm³/mol. The van der Waals surface area contributed by atoms with Crippen molar-refractivity contribution in [3.63, 3.8) is 0 Å². The van der Waals surface area contributed by atoms with Crippen LogP contribution in [0.25, 0.3) is 0 Å². The molecule has 4 aliphatic rings. The van der Waals surface area contributed by atoms with Crippen LogP contribution >= 0.6 is 0 Å². The smallest absolute Gasteiger partial charge is 0.249 e. The molecule has 0 saturated carbocycles. The van der Waals surface area contributed by atoms with Gasteiger partial charge < -0.3 is 10.6 Å². The van der Waals surface area contributed by atoms with Crippen molar-refractivity contribution in [1.82, 2.24) is 4.90 Å². The molecular weight excluding hydrogens is 260 g/mol. The van der Waals surface area contributed by atoms with Gasteiger partial charge >= 0.3 is 0 Å². The largest absolute Gasteiger partial charge is 0.366 e. The van der Waals surface area contributed by atoms with Gasteiger partial charge in [-0.25, -0.2) is 0 Å². The van der Waals surface area contributed by atoms with Gasteiger partial charge in [-0.1, -0.05) is 12.1 Å². The Morgan fingerprint density at radius 2 is 1.90 bits per heavy atom. The third-order valence-corrected chi connectivity index (χ3v) is 5.87. The lowest BCUT2D eigenvalue weighted by atomic mass is 9.72. The van der Waals surface area contributed by atoms with Gasteiger partial charge in [0.2, 0.25) is 5.91 Å². The van der Waals surface area contributed by atoms with Gasteiger partial charge in [0.15, 0.2) is 0 Å². The normalized spacial score (nSPS) is 31.0. The van der Waals surface area contributed by atoms with Crippen LogP contribution in [0.4, 0.5) is 0 Å². The van der Waals surface area contributed by atoms with Crippen LogP contribution in [0.2, 0.25) is 0 Å². The van der Waals surface area contributed by atoms with E-state index >= 15 is 0 Å². The summed E-state index contributed by atoms with van der Waals surface area (Å²) in [6.45, 7) is 3.58. The van der Waals surface area contributed by atoms with E-state index in [0.29, 0.717) is 5.92 Å². The number of hydrogen-bond acceptors (Lipinski definition) is 2. The number of fused-ring (bicyclic) bond motifs is 4. The van der Waals surface area contributed by atoms with Crippen molar-refractivity contribution in [3.8, 4) is 0 Å². The number of benzene rings is 1. The van der Waals surface area contributed by atoms with Crippen LogP contribution in [-0.4, -0.2) is 30.4 Å². The molecule has 0 aromatic heterocycles. The van der Waals surface area contributed by atoms with E-state index in [9.17, 15) is 4.79 Å². The zero-order valence-corrected chi connectivity index (χ0v) is 12.6. The topological polar surface area (TPSA) is 46.3 Å². The van der Waals surface area contributed by atoms with E-state index in [-0.39, 0.29) is 5.91 Å². The first-order valence-corrected chi connectivity index (χ1v) is 8.41. The van der Waals surface area contributed by atoms with E-state index in [0.717, 1.165) is 30.9 Å². The second kappa shape index (κ2) is 5.13. The fourth-order valence-corrected chi connectivity index (χ4v) is 4.76. The molecule has 0 radical (unpaired) electrons. The number of piperidine rings is 3. The Bertz CT molecular complexity index is 573. The van der Waals surface area contributed by atoms with Gasteiger partial charge in [-0.15, -0.1) is 0 Å². The van der Waals surface area contributed by atoms with Crippen LogP contribution in [0.5, 0.6) is 0 Å². The van der Waals surface area contributed by atoms with Crippen LogP contribution in [-0.2, 0) is 12.8 Å². The molecule has 1 aromatic carbocycles. The van der Waals surface area contributed by atoms with Gasteiger partial charge in [-0.2, -0.15) is 0 Å². The van der Waals surface area contributed by atoms with E-state index in [2.05, 4.69) is 17.0 Å². The summed E-state index contributed by atoms with van der Waals surface area (Å²) in [4.78, 5) is 14.7. The van der Waals surface area contributed by atoms with Crippen LogP contribution in [0.1, 0.15) is 58.6 Å². The Hall–Kier alpha value is -1.35. The molecule has 2 N–H and O–H groups in total. The number of nitrogens with two attached hydrogens (primary N) is 1. The number of amides is 1. The maximum atomic E-state index is 12.2. The van der Waals surface area contributed by atoms with Crippen LogP contribution < -0.4 is 5.73 Å². The number of nitrogens with zero attached hydrogens (tertiary/aromatic N) is 1. The summed E-state index contributed by atoms with van der Waals surface area (Å²) < 4.78 is 0. The summed E-state index contributed by atoms with van der Waals surface area (Å²) in [7, 11) is 0. The standard InChI is InChI=1S/C18H24N2O/c19-18(21)17-14-4-2-1-3-12(14)5-6-15(17)16-11-20-9-7-13(16)8-10-20/h5-6,13,16H,1-4,7-11H2,(H2,19,21)/t16-/m1/s1. The summed E-state index contributed by atoms with van der Waals surface area (Å²) in [5.41, 5.74) is 10.5. The molecule has 112 valence electrons. The lowest BCUT2D eigenvalue weighted by Crippen LogP contribution is -2.46. The molecular formula is C18H24N2O. The summed E-state index contributed by atoms with van der Waals surface area (Å²) in [6.07, 6.45) is 7.12. The van der Waals surface area contributed by atoms with Crippen molar-refractivity contribution in [2.75, 3.05) is 19.6 Å². The number of carbonyl (C=O) groups excluding carboxylic acids is 1. The molecule has 3 nitrogen and oxygen atoms in total. The first kappa shape index (κ1) is 13.3. The predicted octanol–water partition coefficient (Wildman–Crippen LogP) is 2.47. The Morgan fingerprint density at radius 1 is 1.14 bits per heavy atom. The van der Waals surface area contributed by atoms with Crippen LogP contribution in [0.15, 0.2) is 12.1 Å². The number of hydrogen-bond donors (Lipinski definition) is 1. The molecule has 3 fully saturated rings. The average Bonchev–Trinajstić information content (AvgIpc) is 2.54. The Kier molecular flexibility index (Phi) is 3.26. The van der Waals surface area contributed by atoms with Gasteiger partial charge in [-0.05, 0) is 74.2 Å². The minimum absolute atomic E-state index is 0.208. The second-order valence-electron chi connectivity index (χ2n) is 6.98. The molecule has 1 amide bonds. The molecule has 3 heteroatoms. The van der Waals surface area contributed by atoms with Crippen molar-refractivity contribution >= 4 is 5.91 Å². The monoisotopic (exact) mass is 284 g/mol. The van der Waals surface area contributed by atoms with Gasteiger partial charge in [0, 0.05) is 18.0 Å². The third-order valence-electron chi connectivity index (χ3n) is 5.87. The second-order valence-corrected chi connectivity index (χ2v) is 6.98. The molecule has 0 spiro atoms. The lowest BCUT2D eigenvalue weighted by Gasteiger charge is -2.45. The Labute approximate surface area is 126 Å². The fourth-order valence-electron chi connectivity index (χ4n) is 4.76. The summed E-state index contributed by atoms with van der Waals surface area (Å²) in [5, 5.41) is 0. The highest BCUT2D eigenvalue weighted by atomic mass is 16.1. The molecule has 21 heavy (non-hydrogen) atoms. The maximum absolute atomic E-state index is 12.2. The third kappa shape index (κ3) is 2.18. The Balaban J connectivity index is 1.79. The highest BCUT2D eigenvalue weighted by Crippen LogP contribution is 2.41. The fraction of sp³-hybridized carbons (Fsp3) is 0.611. The molecule has 3 aliphatic heterocycles. The molecule has 1 aliphatic carbocycles. The Morgan fingerprint density at radius 3 is 2.57 bits per heavy atom. The number of rotatable bonds is 2. The van der Waals surface area contributed by atoms with E-state index < -0.39 is 0 Å². The van der Waals surface area contributed by atoms with Crippen molar-refractivity contribution < 1.29 is 4.79 Å². The van der Waals surface area contributed by atoms with E-state index in [1.54, 1.807) is 0 Å². The highest BCUT2D eigenvalue weighted by molar-refractivity contribution is 5.96. The summed E-state index contributed by atoms with van der Waals surface area (Å²) in [5.74, 6) is 1.05. The molecule has 3 saturated heterocycles. The minimum Gasteiger partial charge on any atom is -0.366 e. The van der Waals surface area contributed by atoms with Crippen molar-refractivity contribution in [2.45, 2.75) is 44.4 Å². The van der Waals surface area contributed by atoms with Crippen molar-refractivity contribution in [3.05, 3.63) is 34.4 Å². The van der Waals surface area contributed by atoms with Crippen molar-refractivity contribution in [1.29, 1.82) is 0 Å². The van der Waals surface area contributed by atoms with Gasteiger partial charge in [0.1, 0.15) is 0 Å². The van der Waals surface area contributed by atoms with E-state index in [1.807, 2.05) is 0 Å². The number of aryl methyl sites for hydroxylation is 1. The number of carbonyl (C=O) groups is 1. The van der Waals surface area contributed by atoms with E-state index in [1.165, 1.54) is 55.5 Å². The maximum Gasteiger partial charge on any atom is 0.249 e. The van der Waals surface area contributed by atoms with Crippen LogP contribution in [0, 0.1) is 5.92 Å². The molecule has 0 unspecified atom stereocenters. The van der Waals surface area contributed by atoms with E-state index in [4.69, 9.17) is 5.73 Å². The molecule has 3 heterocycles. The zero-order chi connectivity index (χ0) is 14.4. The molecule has 2 bridgehead atoms. The average molecular weight is 284 g/mol. The van der Waals surface area contributed by atoms with Gasteiger partial charge in [-0.3, -0.25) is 4.79 Å². The van der Waals surface area contributed by atoms with Gasteiger partial charge in [0.05, 0.1) is 0 Å². The number of primary amides is 1. The molecule has 1 aromatic rings. The van der Waals surface area contributed by atoms with Gasteiger partial charge in [0.25, 0.3) is 0 Å². The first-order chi connectivity index (χ1) is 10.2. The van der Waals surface area contributed by atoms with Crippen molar-refractivity contribution in [2.24, 2.45) is 11.7 Å². The van der Waals surface area contributed by atoms with Crippen LogP contribution in [0.3, 0.4) is 0 Å². The zero-order valence-electron chi connectivity index (χ0n) is 12.6. The minimum atomic E-state index is -0.208.